The highest BCUT2D eigenvalue weighted by Crippen LogP contribution is 2.15. The van der Waals surface area contributed by atoms with Crippen molar-refractivity contribution in [3.63, 3.8) is 0 Å². The van der Waals surface area contributed by atoms with Crippen LogP contribution in [0.4, 0.5) is 15.8 Å². The minimum atomic E-state index is -0.318. The summed E-state index contributed by atoms with van der Waals surface area (Å²) in [5, 5.41) is 7.55. The van der Waals surface area contributed by atoms with Crippen LogP contribution in [0, 0.1) is 19.7 Å². The standard InChI is InChI=1S/C14H19FN4/c1-10-6-11(2)19(18-10)5-3-4-17-14-8-12(15)7-13(16)9-14/h6-9,17H,3-5,16H2,1-2H3. The summed E-state index contributed by atoms with van der Waals surface area (Å²) >= 11 is 0. The number of halogens is 1. The Morgan fingerprint density at radius 1 is 1.26 bits per heavy atom. The third-order valence-electron chi connectivity index (χ3n) is 2.90. The summed E-state index contributed by atoms with van der Waals surface area (Å²) in [5.41, 5.74) is 8.92. The second-order valence-electron chi connectivity index (χ2n) is 4.70. The SMILES string of the molecule is Cc1cc(C)n(CCCNc2cc(N)cc(F)c2)n1. The number of anilines is 2. The van der Waals surface area contributed by atoms with Gasteiger partial charge in [0, 0.05) is 30.2 Å². The summed E-state index contributed by atoms with van der Waals surface area (Å²) < 4.78 is 15.1. The molecule has 0 spiro atoms. The number of nitrogens with zero attached hydrogens (tertiary/aromatic N) is 2. The van der Waals surface area contributed by atoms with Crippen molar-refractivity contribution in [2.24, 2.45) is 0 Å². The maximum absolute atomic E-state index is 13.1. The van der Waals surface area contributed by atoms with E-state index in [9.17, 15) is 4.39 Å². The van der Waals surface area contributed by atoms with Crippen LogP contribution in [0.5, 0.6) is 0 Å². The average Bonchev–Trinajstić information content (AvgIpc) is 2.62. The summed E-state index contributed by atoms with van der Waals surface area (Å²) in [5.74, 6) is -0.318. The fourth-order valence-electron chi connectivity index (χ4n) is 2.08. The molecule has 19 heavy (non-hydrogen) atoms. The van der Waals surface area contributed by atoms with Crippen LogP contribution in [0.1, 0.15) is 17.8 Å². The number of aryl methyl sites for hydroxylation is 3. The van der Waals surface area contributed by atoms with Crippen molar-refractivity contribution < 1.29 is 4.39 Å². The first-order valence-corrected chi connectivity index (χ1v) is 6.35. The topological polar surface area (TPSA) is 55.9 Å². The van der Waals surface area contributed by atoms with E-state index in [1.54, 1.807) is 6.07 Å². The van der Waals surface area contributed by atoms with Gasteiger partial charge in [0.1, 0.15) is 5.82 Å². The quantitative estimate of drug-likeness (QED) is 0.643. The molecular weight excluding hydrogens is 243 g/mol. The van der Waals surface area contributed by atoms with Crippen molar-refractivity contribution in [1.82, 2.24) is 9.78 Å². The molecule has 0 saturated heterocycles. The van der Waals surface area contributed by atoms with Crippen molar-refractivity contribution in [3.8, 4) is 0 Å². The molecule has 0 aliphatic heterocycles. The molecule has 1 aromatic heterocycles. The molecule has 0 unspecified atom stereocenters. The Hall–Kier alpha value is -2.04. The van der Waals surface area contributed by atoms with Crippen molar-refractivity contribution in [2.75, 3.05) is 17.6 Å². The smallest absolute Gasteiger partial charge is 0.127 e. The molecule has 1 heterocycles. The van der Waals surface area contributed by atoms with Crippen LogP contribution < -0.4 is 11.1 Å². The Bertz CT molecular complexity index is 542. The molecule has 0 fully saturated rings. The molecule has 0 saturated carbocycles. The highest BCUT2D eigenvalue weighted by molar-refractivity contribution is 5.54. The lowest BCUT2D eigenvalue weighted by Crippen LogP contribution is -2.09. The van der Waals surface area contributed by atoms with Crippen LogP contribution in [0.3, 0.4) is 0 Å². The third-order valence-corrected chi connectivity index (χ3v) is 2.90. The van der Waals surface area contributed by atoms with Crippen LogP contribution in [0.15, 0.2) is 24.3 Å². The van der Waals surface area contributed by atoms with Gasteiger partial charge in [-0.1, -0.05) is 0 Å². The number of hydrogen-bond donors (Lipinski definition) is 2. The van der Waals surface area contributed by atoms with Crippen molar-refractivity contribution in [2.45, 2.75) is 26.8 Å². The number of rotatable bonds is 5. The van der Waals surface area contributed by atoms with E-state index in [0.717, 1.165) is 30.9 Å². The Morgan fingerprint density at radius 3 is 2.68 bits per heavy atom. The van der Waals surface area contributed by atoms with Crippen LogP contribution in [0.2, 0.25) is 0 Å². The molecule has 102 valence electrons. The van der Waals surface area contributed by atoms with E-state index in [1.807, 2.05) is 18.5 Å². The van der Waals surface area contributed by atoms with Gasteiger partial charge in [-0.2, -0.15) is 5.10 Å². The summed E-state index contributed by atoms with van der Waals surface area (Å²) in [7, 11) is 0. The number of benzene rings is 1. The summed E-state index contributed by atoms with van der Waals surface area (Å²) in [4.78, 5) is 0. The lowest BCUT2D eigenvalue weighted by Gasteiger charge is -2.08. The second kappa shape index (κ2) is 5.73. The summed E-state index contributed by atoms with van der Waals surface area (Å²) in [6.07, 6.45) is 0.915. The van der Waals surface area contributed by atoms with E-state index in [1.165, 1.54) is 12.1 Å². The van der Waals surface area contributed by atoms with Crippen molar-refractivity contribution in [3.05, 3.63) is 41.5 Å². The van der Waals surface area contributed by atoms with Gasteiger partial charge in [-0.15, -0.1) is 0 Å². The number of nitrogen functional groups attached to an aromatic ring is 1. The zero-order valence-electron chi connectivity index (χ0n) is 11.3. The fraction of sp³-hybridized carbons (Fsp3) is 0.357. The summed E-state index contributed by atoms with van der Waals surface area (Å²) in [6, 6.07) is 6.54. The minimum Gasteiger partial charge on any atom is -0.399 e. The molecule has 0 amide bonds. The molecule has 0 aliphatic carbocycles. The van der Waals surface area contributed by atoms with Gasteiger partial charge in [-0.3, -0.25) is 4.68 Å². The molecule has 4 nitrogen and oxygen atoms in total. The number of hydrogen-bond acceptors (Lipinski definition) is 3. The third kappa shape index (κ3) is 3.71. The molecular formula is C14H19FN4. The van der Waals surface area contributed by atoms with E-state index in [-0.39, 0.29) is 5.82 Å². The number of nitrogens with one attached hydrogen (secondary N) is 1. The fourth-order valence-corrected chi connectivity index (χ4v) is 2.08. The van der Waals surface area contributed by atoms with Gasteiger partial charge in [-0.25, -0.2) is 4.39 Å². The normalized spacial score (nSPS) is 10.7. The molecule has 0 aliphatic rings. The van der Waals surface area contributed by atoms with E-state index >= 15 is 0 Å². The Kier molecular flexibility index (Phi) is 4.04. The highest BCUT2D eigenvalue weighted by atomic mass is 19.1. The first-order chi connectivity index (χ1) is 9.04. The zero-order chi connectivity index (χ0) is 13.8. The van der Waals surface area contributed by atoms with Gasteiger partial charge in [0.05, 0.1) is 5.69 Å². The van der Waals surface area contributed by atoms with Crippen LogP contribution in [-0.4, -0.2) is 16.3 Å². The van der Waals surface area contributed by atoms with Crippen LogP contribution in [0.25, 0.3) is 0 Å². The number of nitrogens with two attached hydrogens (primary N) is 1. The predicted molar refractivity (Wildman–Crippen MR) is 75.6 cm³/mol. The molecule has 2 aromatic rings. The van der Waals surface area contributed by atoms with Crippen LogP contribution >= 0.6 is 0 Å². The largest absolute Gasteiger partial charge is 0.399 e. The van der Waals surface area contributed by atoms with E-state index in [0.29, 0.717) is 11.4 Å². The molecule has 3 N–H and O–H groups in total. The zero-order valence-corrected chi connectivity index (χ0v) is 11.3. The number of aromatic nitrogens is 2. The van der Waals surface area contributed by atoms with Gasteiger partial charge < -0.3 is 11.1 Å². The highest BCUT2D eigenvalue weighted by Gasteiger charge is 2.01. The lowest BCUT2D eigenvalue weighted by atomic mass is 10.2. The van der Waals surface area contributed by atoms with Gasteiger partial charge in [0.15, 0.2) is 0 Å². The minimum absolute atomic E-state index is 0.318. The average molecular weight is 262 g/mol. The van der Waals surface area contributed by atoms with E-state index in [4.69, 9.17) is 5.73 Å². The Morgan fingerprint density at radius 2 is 2.05 bits per heavy atom. The van der Waals surface area contributed by atoms with Crippen molar-refractivity contribution in [1.29, 1.82) is 0 Å². The van der Waals surface area contributed by atoms with Crippen LogP contribution in [-0.2, 0) is 6.54 Å². The summed E-state index contributed by atoms with van der Waals surface area (Å²) in [6.45, 7) is 5.62. The van der Waals surface area contributed by atoms with E-state index in [2.05, 4.69) is 16.5 Å². The van der Waals surface area contributed by atoms with Gasteiger partial charge in [0.2, 0.25) is 0 Å². The molecule has 0 bridgehead atoms. The monoisotopic (exact) mass is 262 g/mol. The van der Waals surface area contributed by atoms with E-state index < -0.39 is 0 Å². The lowest BCUT2D eigenvalue weighted by molar-refractivity contribution is 0.573. The molecule has 5 heteroatoms. The predicted octanol–water partition coefficient (Wildman–Crippen LogP) is 2.72. The maximum atomic E-state index is 13.1. The Balaban J connectivity index is 1.82. The second-order valence-corrected chi connectivity index (χ2v) is 4.70. The Labute approximate surface area is 112 Å². The molecule has 0 radical (unpaired) electrons. The van der Waals surface area contributed by atoms with Gasteiger partial charge >= 0.3 is 0 Å². The first kappa shape index (κ1) is 13.4. The molecule has 1 aromatic carbocycles. The maximum Gasteiger partial charge on any atom is 0.127 e. The first-order valence-electron chi connectivity index (χ1n) is 6.35. The molecule has 2 rings (SSSR count). The van der Waals surface area contributed by atoms with Gasteiger partial charge in [-0.05, 0) is 44.5 Å². The van der Waals surface area contributed by atoms with Crippen molar-refractivity contribution >= 4 is 11.4 Å². The van der Waals surface area contributed by atoms with Gasteiger partial charge in [0.25, 0.3) is 0 Å². The molecule has 0 atom stereocenters.